The van der Waals surface area contributed by atoms with Gasteiger partial charge in [0.1, 0.15) is 5.75 Å². The first-order chi connectivity index (χ1) is 14.0. The molecular weight excluding hydrogens is 388 g/mol. The van der Waals surface area contributed by atoms with E-state index in [9.17, 15) is 5.11 Å². The smallest absolute Gasteiger partial charge is 0.241 e. The fourth-order valence-corrected chi connectivity index (χ4v) is 3.69. The molecule has 152 valence electrons. The molecule has 29 heavy (non-hydrogen) atoms. The van der Waals surface area contributed by atoms with Gasteiger partial charge in [-0.3, -0.25) is 9.80 Å². The van der Waals surface area contributed by atoms with E-state index in [4.69, 9.17) is 16.1 Å². The maximum atomic E-state index is 10.2. The molecule has 0 spiro atoms. The fourth-order valence-electron chi connectivity index (χ4n) is 3.56. The van der Waals surface area contributed by atoms with Crippen molar-refractivity contribution < 1.29 is 9.63 Å². The van der Waals surface area contributed by atoms with E-state index in [0.717, 1.165) is 49.4 Å². The quantitative estimate of drug-likeness (QED) is 0.682. The second kappa shape index (κ2) is 8.53. The third-order valence-electron chi connectivity index (χ3n) is 5.48. The summed E-state index contributed by atoms with van der Waals surface area (Å²) in [4.78, 5) is 9.20. The van der Waals surface area contributed by atoms with E-state index >= 15 is 0 Å². The molecule has 1 fully saturated rings. The third kappa shape index (κ3) is 4.78. The van der Waals surface area contributed by atoms with Crippen LogP contribution in [0.25, 0.3) is 11.4 Å². The van der Waals surface area contributed by atoms with Crippen molar-refractivity contribution in [3.63, 3.8) is 0 Å². The van der Waals surface area contributed by atoms with E-state index < -0.39 is 0 Å². The highest BCUT2D eigenvalue weighted by atomic mass is 35.5. The molecule has 0 unspecified atom stereocenters. The summed E-state index contributed by atoms with van der Waals surface area (Å²) in [7, 11) is 0. The minimum absolute atomic E-state index is 0.385. The van der Waals surface area contributed by atoms with Crippen molar-refractivity contribution >= 4 is 11.6 Å². The number of benzene rings is 2. The molecule has 1 N–H and O–H groups in total. The Kier molecular flexibility index (Phi) is 5.85. The van der Waals surface area contributed by atoms with Crippen LogP contribution in [-0.4, -0.2) is 51.2 Å². The van der Waals surface area contributed by atoms with Gasteiger partial charge >= 0.3 is 0 Å². The van der Waals surface area contributed by atoms with Crippen LogP contribution < -0.4 is 0 Å². The van der Waals surface area contributed by atoms with Crippen LogP contribution in [0.2, 0.25) is 5.02 Å². The molecule has 2 heterocycles. The zero-order valence-electron chi connectivity index (χ0n) is 16.7. The summed E-state index contributed by atoms with van der Waals surface area (Å²) >= 11 is 5.93. The third-order valence-corrected chi connectivity index (χ3v) is 5.74. The van der Waals surface area contributed by atoms with Crippen LogP contribution in [0, 0.1) is 13.8 Å². The predicted octanol–water partition coefficient (Wildman–Crippen LogP) is 4.03. The molecule has 0 radical (unpaired) electrons. The average molecular weight is 413 g/mol. The van der Waals surface area contributed by atoms with Crippen molar-refractivity contribution in [2.75, 3.05) is 26.2 Å². The zero-order chi connectivity index (χ0) is 20.4. The number of aromatic hydroxyl groups is 1. The van der Waals surface area contributed by atoms with Gasteiger partial charge in [0.25, 0.3) is 0 Å². The number of phenolic OH excluding ortho intramolecular Hbond substituents is 1. The van der Waals surface area contributed by atoms with E-state index in [1.807, 2.05) is 37.3 Å². The summed E-state index contributed by atoms with van der Waals surface area (Å²) in [5.41, 5.74) is 4.21. The van der Waals surface area contributed by atoms with Gasteiger partial charge in [-0.15, -0.1) is 0 Å². The number of rotatable bonds is 5. The summed E-state index contributed by atoms with van der Waals surface area (Å²) in [6.45, 7) is 9.22. The lowest BCUT2D eigenvalue weighted by molar-refractivity contribution is 0.111. The topological polar surface area (TPSA) is 65.6 Å². The monoisotopic (exact) mass is 412 g/mol. The summed E-state index contributed by atoms with van der Waals surface area (Å²) in [5.74, 6) is 1.59. The van der Waals surface area contributed by atoms with Crippen molar-refractivity contribution in [2.24, 2.45) is 0 Å². The molecule has 3 aromatic rings. The summed E-state index contributed by atoms with van der Waals surface area (Å²) in [5, 5.41) is 15.0. The molecule has 2 aromatic carbocycles. The molecule has 0 atom stereocenters. The van der Waals surface area contributed by atoms with Crippen LogP contribution in [0.1, 0.15) is 22.6 Å². The number of hydrogen-bond donors (Lipinski definition) is 1. The summed E-state index contributed by atoms with van der Waals surface area (Å²) in [6.07, 6.45) is 0. The highest BCUT2D eigenvalue weighted by molar-refractivity contribution is 6.30. The Hall–Kier alpha value is -2.41. The first-order valence-corrected chi connectivity index (χ1v) is 10.2. The van der Waals surface area contributed by atoms with Gasteiger partial charge in [-0.25, -0.2) is 0 Å². The van der Waals surface area contributed by atoms with E-state index in [0.29, 0.717) is 29.0 Å². The molecule has 1 aliphatic rings. The second-order valence-corrected chi connectivity index (χ2v) is 8.07. The minimum atomic E-state index is 0.385. The van der Waals surface area contributed by atoms with Crippen LogP contribution in [0.3, 0.4) is 0 Å². The standard InChI is InChI=1S/C22H25ClN4O2/c1-15-11-18(20(28)12-16(15)2)13-26-7-9-27(10-8-26)14-21-24-22(25-29-21)17-3-5-19(23)6-4-17/h3-6,11-12,28H,7-10,13-14H2,1-2H3. The number of piperazine rings is 1. The summed E-state index contributed by atoms with van der Waals surface area (Å²) < 4.78 is 5.43. The molecule has 6 nitrogen and oxygen atoms in total. The summed E-state index contributed by atoms with van der Waals surface area (Å²) in [6, 6.07) is 11.4. The van der Waals surface area contributed by atoms with Crippen LogP contribution in [-0.2, 0) is 13.1 Å². The zero-order valence-corrected chi connectivity index (χ0v) is 17.5. The lowest BCUT2D eigenvalue weighted by Crippen LogP contribution is -2.45. The van der Waals surface area contributed by atoms with Crippen molar-refractivity contribution in [3.05, 3.63) is 64.0 Å². The largest absolute Gasteiger partial charge is 0.508 e. The fraction of sp³-hybridized carbons (Fsp3) is 0.364. The molecule has 7 heteroatoms. The molecule has 1 saturated heterocycles. The number of phenols is 1. The molecule has 0 aliphatic carbocycles. The van der Waals surface area contributed by atoms with Gasteiger partial charge in [-0.2, -0.15) is 4.98 Å². The second-order valence-electron chi connectivity index (χ2n) is 7.64. The number of nitrogens with zero attached hydrogens (tertiary/aromatic N) is 4. The number of halogens is 1. The maximum absolute atomic E-state index is 10.2. The molecule has 1 aromatic heterocycles. The van der Waals surface area contributed by atoms with E-state index in [1.165, 1.54) is 5.56 Å². The predicted molar refractivity (Wildman–Crippen MR) is 113 cm³/mol. The van der Waals surface area contributed by atoms with Gasteiger partial charge < -0.3 is 9.63 Å². The number of hydrogen-bond acceptors (Lipinski definition) is 6. The maximum Gasteiger partial charge on any atom is 0.241 e. The van der Waals surface area contributed by atoms with Gasteiger partial charge in [-0.1, -0.05) is 22.8 Å². The Morgan fingerprint density at radius 1 is 0.966 bits per heavy atom. The van der Waals surface area contributed by atoms with E-state index in [1.54, 1.807) is 0 Å². The highest BCUT2D eigenvalue weighted by Gasteiger charge is 2.20. The van der Waals surface area contributed by atoms with E-state index in [-0.39, 0.29) is 0 Å². The Morgan fingerprint density at radius 2 is 1.59 bits per heavy atom. The lowest BCUT2D eigenvalue weighted by Gasteiger charge is -2.34. The Labute approximate surface area is 175 Å². The van der Waals surface area contributed by atoms with Crippen molar-refractivity contribution in [1.29, 1.82) is 0 Å². The number of aromatic nitrogens is 2. The Morgan fingerprint density at radius 3 is 2.28 bits per heavy atom. The van der Waals surface area contributed by atoms with Gasteiger partial charge in [0.15, 0.2) is 0 Å². The van der Waals surface area contributed by atoms with Crippen molar-refractivity contribution in [3.8, 4) is 17.1 Å². The number of aryl methyl sites for hydroxylation is 2. The SMILES string of the molecule is Cc1cc(O)c(CN2CCN(Cc3nc(-c4ccc(Cl)cc4)no3)CC2)cc1C. The van der Waals surface area contributed by atoms with Crippen molar-refractivity contribution in [2.45, 2.75) is 26.9 Å². The average Bonchev–Trinajstić information content (AvgIpc) is 3.16. The lowest BCUT2D eigenvalue weighted by atomic mass is 10.0. The Bertz CT molecular complexity index is 979. The highest BCUT2D eigenvalue weighted by Crippen LogP contribution is 2.24. The van der Waals surface area contributed by atoms with Crippen LogP contribution in [0.15, 0.2) is 40.9 Å². The van der Waals surface area contributed by atoms with E-state index in [2.05, 4.69) is 32.9 Å². The molecule has 1 aliphatic heterocycles. The van der Waals surface area contributed by atoms with Crippen molar-refractivity contribution in [1.82, 2.24) is 19.9 Å². The van der Waals surface area contributed by atoms with Crippen LogP contribution in [0.5, 0.6) is 5.75 Å². The van der Waals surface area contributed by atoms with Gasteiger partial charge in [0.05, 0.1) is 6.54 Å². The normalized spacial score (nSPS) is 15.7. The molecule has 0 saturated carbocycles. The van der Waals surface area contributed by atoms with Gasteiger partial charge in [0.2, 0.25) is 11.7 Å². The molecule has 4 rings (SSSR count). The van der Waals surface area contributed by atoms with Crippen LogP contribution in [0.4, 0.5) is 0 Å². The molecule has 0 bridgehead atoms. The van der Waals surface area contributed by atoms with Gasteiger partial charge in [-0.05, 0) is 55.3 Å². The minimum Gasteiger partial charge on any atom is -0.508 e. The molecule has 0 amide bonds. The Balaban J connectivity index is 1.31. The first kappa shape index (κ1) is 19.9. The molecular formula is C22H25ClN4O2. The van der Waals surface area contributed by atoms with Crippen LogP contribution >= 0.6 is 11.6 Å². The van der Waals surface area contributed by atoms with Gasteiger partial charge in [0, 0.05) is 48.9 Å². The first-order valence-electron chi connectivity index (χ1n) is 9.80.